The Hall–Kier alpha value is -1.02. The molecule has 0 aromatic heterocycles. The first kappa shape index (κ1) is 15.4. The predicted octanol–water partition coefficient (Wildman–Crippen LogP) is 4.00. The first-order valence-corrected chi connectivity index (χ1v) is 7.94. The average molecular weight is 275 g/mol. The van der Waals surface area contributed by atoms with Crippen molar-refractivity contribution >= 4 is 0 Å². The lowest BCUT2D eigenvalue weighted by Crippen LogP contribution is -2.41. The van der Waals surface area contributed by atoms with E-state index >= 15 is 0 Å². The van der Waals surface area contributed by atoms with Gasteiger partial charge in [0.25, 0.3) is 0 Å². The van der Waals surface area contributed by atoms with Crippen LogP contribution in [-0.4, -0.2) is 20.2 Å². The third-order valence-corrected chi connectivity index (χ3v) is 4.84. The number of hydrogen-bond acceptors (Lipinski definition) is 2. The molecule has 1 aliphatic rings. The highest BCUT2D eigenvalue weighted by Crippen LogP contribution is 2.48. The van der Waals surface area contributed by atoms with Gasteiger partial charge in [-0.05, 0) is 37.3 Å². The van der Waals surface area contributed by atoms with Gasteiger partial charge in [-0.15, -0.1) is 0 Å². The third kappa shape index (κ3) is 3.01. The van der Waals surface area contributed by atoms with E-state index in [-0.39, 0.29) is 5.41 Å². The van der Waals surface area contributed by atoms with Crippen LogP contribution in [0.3, 0.4) is 0 Å². The Labute approximate surface area is 123 Å². The monoisotopic (exact) mass is 275 g/mol. The van der Waals surface area contributed by atoms with Crippen LogP contribution >= 0.6 is 0 Å². The second kappa shape index (κ2) is 6.62. The molecule has 2 rings (SSSR count). The summed E-state index contributed by atoms with van der Waals surface area (Å²) in [5.74, 6) is 2.45. The Morgan fingerprint density at radius 2 is 2.10 bits per heavy atom. The zero-order chi connectivity index (χ0) is 14.6. The topological polar surface area (TPSA) is 21.3 Å². The molecule has 0 radical (unpaired) electrons. The molecule has 2 atom stereocenters. The Morgan fingerprint density at radius 3 is 2.70 bits per heavy atom. The summed E-state index contributed by atoms with van der Waals surface area (Å²) in [6, 6.07) is 8.58. The van der Waals surface area contributed by atoms with Gasteiger partial charge in [-0.25, -0.2) is 0 Å². The lowest BCUT2D eigenvalue weighted by molar-refractivity contribution is 0.296. The van der Waals surface area contributed by atoms with Crippen LogP contribution in [-0.2, 0) is 5.41 Å². The molecule has 1 aliphatic carbocycles. The van der Waals surface area contributed by atoms with Crippen molar-refractivity contribution in [2.45, 2.75) is 45.4 Å². The molecule has 0 bridgehead atoms. The summed E-state index contributed by atoms with van der Waals surface area (Å²) in [6.07, 6.45) is 3.91. The summed E-state index contributed by atoms with van der Waals surface area (Å²) in [4.78, 5) is 0. The number of methoxy groups -OCH3 is 1. The molecule has 0 aliphatic heterocycles. The summed E-state index contributed by atoms with van der Waals surface area (Å²) in [5, 5.41) is 3.69. The highest BCUT2D eigenvalue weighted by molar-refractivity contribution is 5.41. The molecule has 2 unspecified atom stereocenters. The maximum atomic E-state index is 5.63. The molecule has 1 fully saturated rings. The second-order valence-corrected chi connectivity index (χ2v) is 6.67. The van der Waals surface area contributed by atoms with E-state index in [0.717, 1.165) is 18.8 Å². The molecule has 1 aromatic carbocycles. The number of ether oxygens (including phenoxy) is 1. The lowest BCUT2D eigenvalue weighted by Gasteiger charge is -2.36. The Bertz CT molecular complexity index is 429. The first-order valence-electron chi connectivity index (χ1n) is 7.94. The highest BCUT2D eigenvalue weighted by atomic mass is 16.5. The van der Waals surface area contributed by atoms with Crippen molar-refractivity contribution < 1.29 is 4.74 Å². The van der Waals surface area contributed by atoms with E-state index in [1.807, 2.05) is 0 Å². The molecular formula is C18H29NO. The number of benzene rings is 1. The molecule has 0 heterocycles. The van der Waals surface area contributed by atoms with Crippen LogP contribution in [0.25, 0.3) is 0 Å². The summed E-state index contributed by atoms with van der Waals surface area (Å²) in [7, 11) is 1.79. The van der Waals surface area contributed by atoms with Gasteiger partial charge >= 0.3 is 0 Å². The Morgan fingerprint density at radius 1 is 1.35 bits per heavy atom. The molecule has 2 nitrogen and oxygen atoms in total. The summed E-state index contributed by atoms with van der Waals surface area (Å²) < 4.78 is 5.63. The van der Waals surface area contributed by atoms with Crippen LogP contribution in [0.5, 0.6) is 5.75 Å². The molecule has 1 N–H and O–H groups in total. The SMILES string of the molecule is COc1ccccc1C1(CNCC(C)C)CCCC1C. The van der Waals surface area contributed by atoms with Crippen LogP contribution in [0.2, 0.25) is 0 Å². The fourth-order valence-electron chi connectivity index (χ4n) is 3.64. The van der Waals surface area contributed by atoms with E-state index in [2.05, 4.69) is 50.4 Å². The third-order valence-electron chi connectivity index (χ3n) is 4.84. The molecule has 0 amide bonds. The molecule has 1 saturated carbocycles. The van der Waals surface area contributed by atoms with Crippen LogP contribution in [0.1, 0.15) is 45.6 Å². The molecule has 112 valence electrons. The largest absolute Gasteiger partial charge is 0.496 e. The fraction of sp³-hybridized carbons (Fsp3) is 0.667. The minimum absolute atomic E-state index is 0.238. The van der Waals surface area contributed by atoms with Gasteiger partial charge in [0.1, 0.15) is 5.75 Å². The summed E-state index contributed by atoms with van der Waals surface area (Å²) in [5.41, 5.74) is 1.63. The number of hydrogen-bond donors (Lipinski definition) is 1. The number of rotatable bonds is 6. The number of para-hydroxylation sites is 1. The molecule has 20 heavy (non-hydrogen) atoms. The van der Waals surface area contributed by atoms with Gasteiger partial charge in [-0.3, -0.25) is 0 Å². The van der Waals surface area contributed by atoms with Crippen molar-refractivity contribution in [1.82, 2.24) is 5.32 Å². The zero-order valence-electron chi connectivity index (χ0n) is 13.4. The van der Waals surface area contributed by atoms with Gasteiger partial charge in [0, 0.05) is 17.5 Å². The maximum Gasteiger partial charge on any atom is 0.122 e. The maximum absolute atomic E-state index is 5.63. The van der Waals surface area contributed by atoms with Gasteiger partial charge in [0.15, 0.2) is 0 Å². The molecule has 0 saturated heterocycles. The van der Waals surface area contributed by atoms with E-state index in [0.29, 0.717) is 11.8 Å². The molecule has 0 spiro atoms. The van der Waals surface area contributed by atoms with Crippen LogP contribution in [0.4, 0.5) is 0 Å². The number of nitrogens with one attached hydrogen (secondary N) is 1. The standard InChI is InChI=1S/C18H29NO/c1-14(2)12-19-13-18(11-7-8-15(18)3)16-9-5-6-10-17(16)20-4/h5-6,9-10,14-15,19H,7-8,11-13H2,1-4H3. The van der Waals surface area contributed by atoms with E-state index in [1.165, 1.54) is 24.8 Å². The summed E-state index contributed by atoms with van der Waals surface area (Å²) in [6.45, 7) is 9.08. The highest BCUT2D eigenvalue weighted by Gasteiger charge is 2.42. The Balaban J connectivity index is 2.27. The zero-order valence-corrected chi connectivity index (χ0v) is 13.4. The minimum atomic E-state index is 0.238. The normalized spacial score (nSPS) is 26.1. The van der Waals surface area contributed by atoms with Crippen molar-refractivity contribution in [1.29, 1.82) is 0 Å². The fourth-order valence-corrected chi connectivity index (χ4v) is 3.64. The van der Waals surface area contributed by atoms with Gasteiger partial charge in [0.2, 0.25) is 0 Å². The second-order valence-electron chi connectivity index (χ2n) is 6.67. The van der Waals surface area contributed by atoms with Crippen molar-refractivity contribution in [2.75, 3.05) is 20.2 Å². The smallest absolute Gasteiger partial charge is 0.122 e. The predicted molar refractivity (Wildman–Crippen MR) is 85.4 cm³/mol. The molecular weight excluding hydrogens is 246 g/mol. The van der Waals surface area contributed by atoms with Crippen LogP contribution in [0.15, 0.2) is 24.3 Å². The van der Waals surface area contributed by atoms with Crippen LogP contribution < -0.4 is 10.1 Å². The van der Waals surface area contributed by atoms with Crippen molar-refractivity contribution in [3.8, 4) is 5.75 Å². The first-order chi connectivity index (χ1) is 9.60. The quantitative estimate of drug-likeness (QED) is 0.847. The average Bonchev–Trinajstić information content (AvgIpc) is 2.80. The Kier molecular flexibility index (Phi) is 5.09. The van der Waals surface area contributed by atoms with Crippen molar-refractivity contribution in [2.24, 2.45) is 11.8 Å². The van der Waals surface area contributed by atoms with E-state index < -0.39 is 0 Å². The minimum Gasteiger partial charge on any atom is -0.496 e. The van der Waals surface area contributed by atoms with Gasteiger partial charge in [0.05, 0.1) is 7.11 Å². The van der Waals surface area contributed by atoms with Gasteiger partial charge in [-0.1, -0.05) is 45.4 Å². The molecule has 1 aromatic rings. The summed E-state index contributed by atoms with van der Waals surface area (Å²) >= 11 is 0. The van der Waals surface area contributed by atoms with Gasteiger partial charge in [-0.2, -0.15) is 0 Å². The van der Waals surface area contributed by atoms with Crippen molar-refractivity contribution in [3.63, 3.8) is 0 Å². The van der Waals surface area contributed by atoms with Gasteiger partial charge < -0.3 is 10.1 Å². The lowest BCUT2D eigenvalue weighted by atomic mass is 9.72. The van der Waals surface area contributed by atoms with Crippen molar-refractivity contribution in [3.05, 3.63) is 29.8 Å². The van der Waals surface area contributed by atoms with Crippen LogP contribution in [0, 0.1) is 11.8 Å². The van der Waals surface area contributed by atoms with E-state index in [9.17, 15) is 0 Å². The molecule has 2 heteroatoms. The van der Waals surface area contributed by atoms with E-state index in [1.54, 1.807) is 7.11 Å². The van der Waals surface area contributed by atoms with E-state index in [4.69, 9.17) is 4.74 Å².